The van der Waals surface area contributed by atoms with Gasteiger partial charge in [0.2, 0.25) is 0 Å². The summed E-state index contributed by atoms with van der Waals surface area (Å²) in [7, 11) is 0. The summed E-state index contributed by atoms with van der Waals surface area (Å²) < 4.78 is 5.57. The zero-order valence-corrected chi connectivity index (χ0v) is 13.5. The average molecular weight is 313 g/mol. The molecular formula is C15H27N3O4. The van der Waals surface area contributed by atoms with Gasteiger partial charge in [-0.25, -0.2) is 4.79 Å². The molecule has 2 aliphatic rings. The van der Waals surface area contributed by atoms with Gasteiger partial charge in [-0.2, -0.15) is 0 Å². The fourth-order valence-corrected chi connectivity index (χ4v) is 3.09. The second-order valence-corrected chi connectivity index (χ2v) is 6.08. The number of nitrogens with one attached hydrogen (secondary N) is 1. The fourth-order valence-electron chi connectivity index (χ4n) is 3.09. The lowest BCUT2D eigenvalue weighted by molar-refractivity contribution is -0.139. The molecule has 1 unspecified atom stereocenters. The summed E-state index contributed by atoms with van der Waals surface area (Å²) in [5.74, 6) is -0.798. The highest BCUT2D eigenvalue weighted by molar-refractivity contribution is 5.74. The number of carbonyl (C=O) groups excluding carboxylic acids is 1. The molecule has 0 spiro atoms. The maximum Gasteiger partial charge on any atom is 0.317 e. The van der Waals surface area contributed by atoms with Crippen molar-refractivity contribution >= 4 is 12.0 Å². The van der Waals surface area contributed by atoms with Gasteiger partial charge in [-0.05, 0) is 25.8 Å². The van der Waals surface area contributed by atoms with E-state index < -0.39 is 5.97 Å². The highest BCUT2D eigenvalue weighted by Crippen LogP contribution is 2.25. The zero-order chi connectivity index (χ0) is 16.1. The van der Waals surface area contributed by atoms with Gasteiger partial charge in [-0.3, -0.25) is 9.69 Å². The first-order valence-corrected chi connectivity index (χ1v) is 8.16. The third-order valence-electron chi connectivity index (χ3n) is 4.58. The number of hydrogen-bond acceptors (Lipinski definition) is 4. The van der Waals surface area contributed by atoms with E-state index in [9.17, 15) is 9.59 Å². The Labute approximate surface area is 131 Å². The lowest BCUT2D eigenvalue weighted by atomic mass is 9.85. The molecule has 2 N–H and O–H groups in total. The predicted octanol–water partition coefficient (Wildman–Crippen LogP) is 0.744. The van der Waals surface area contributed by atoms with Crippen LogP contribution in [0.4, 0.5) is 4.79 Å². The van der Waals surface area contributed by atoms with Crippen molar-refractivity contribution in [2.75, 3.05) is 32.8 Å². The minimum Gasteiger partial charge on any atom is -0.480 e. The number of morpholine rings is 1. The summed E-state index contributed by atoms with van der Waals surface area (Å²) in [6, 6.07) is 0.397. The van der Waals surface area contributed by atoms with Crippen LogP contribution in [0.3, 0.4) is 0 Å². The van der Waals surface area contributed by atoms with E-state index in [4.69, 9.17) is 9.84 Å². The van der Waals surface area contributed by atoms with E-state index in [0.717, 1.165) is 25.8 Å². The predicted molar refractivity (Wildman–Crippen MR) is 81.8 cm³/mol. The van der Waals surface area contributed by atoms with Crippen molar-refractivity contribution in [3.05, 3.63) is 0 Å². The van der Waals surface area contributed by atoms with Crippen LogP contribution in [0.5, 0.6) is 0 Å². The van der Waals surface area contributed by atoms with Gasteiger partial charge in [0.1, 0.15) is 0 Å². The molecular weight excluding hydrogens is 286 g/mol. The van der Waals surface area contributed by atoms with Crippen molar-refractivity contribution < 1.29 is 19.4 Å². The number of carboxylic acid groups (broad SMARTS) is 1. The van der Waals surface area contributed by atoms with E-state index in [2.05, 4.69) is 12.2 Å². The molecule has 1 saturated carbocycles. The Bertz CT molecular complexity index is 398. The molecule has 2 rings (SSSR count). The van der Waals surface area contributed by atoms with Crippen molar-refractivity contribution in [1.29, 1.82) is 0 Å². The van der Waals surface area contributed by atoms with E-state index in [1.165, 1.54) is 0 Å². The lowest BCUT2D eigenvalue weighted by Crippen LogP contribution is -2.58. The Kier molecular flexibility index (Phi) is 6.02. The van der Waals surface area contributed by atoms with Crippen LogP contribution >= 0.6 is 0 Å². The highest BCUT2D eigenvalue weighted by Gasteiger charge is 2.35. The third-order valence-corrected chi connectivity index (χ3v) is 4.58. The van der Waals surface area contributed by atoms with E-state index in [1.807, 2.05) is 16.7 Å². The maximum atomic E-state index is 12.2. The van der Waals surface area contributed by atoms with Gasteiger partial charge in [-0.15, -0.1) is 0 Å². The molecule has 0 aromatic carbocycles. The standard InChI is InChI=1S/C15H27N3O4/c1-3-13-9-18(5-6-22-13)15(21)16-11-7-12(8-11)17(4-2)10-14(19)20/h11-13H,3-10H2,1-2H3,(H,16,21)(H,19,20). The Hall–Kier alpha value is -1.34. The fraction of sp³-hybridized carbons (Fsp3) is 0.867. The molecule has 7 nitrogen and oxygen atoms in total. The van der Waals surface area contributed by atoms with Crippen molar-refractivity contribution in [3.8, 4) is 0 Å². The maximum absolute atomic E-state index is 12.2. The monoisotopic (exact) mass is 313 g/mol. The Morgan fingerprint density at radius 2 is 2.09 bits per heavy atom. The van der Waals surface area contributed by atoms with Crippen LogP contribution in [0.2, 0.25) is 0 Å². The minimum atomic E-state index is -0.798. The Morgan fingerprint density at radius 1 is 1.36 bits per heavy atom. The van der Waals surface area contributed by atoms with Crippen molar-refractivity contribution in [1.82, 2.24) is 15.1 Å². The van der Waals surface area contributed by atoms with Crippen LogP contribution < -0.4 is 5.32 Å². The van der Waals surface area contributed by atoms with Gasteiger partial charge in [0.05, 0.1) is 19.3 Å². The summed E-state index contributed by atoms with van der Waals surface area (Å²) in [5.41, 5.74) is 0. The molecule has 126 valence electrons. The van der Waals surface area contributed by atoms with Gasteiger partial charge < -0.3 is 20.1 Å². The molecule has 1 aliphatic heterocycles. The van der Waals surface area contributed by atoms with E-state index >= 15 is 0 Å². The molecule has 2 amide bonds. The van der Waals surface area contributed by atoms with Gasteiger partial charge in [0.15, 0.2) is 0 Å². The van der Waals surface area contributed by atoms with Crippen molar-refractivity contribution in [3.63, 3.8) is 0 Å². The van der Waals surface area contributed by atoms with E-state index in [1.54, 1.807) is 0 Å². The summed E-state index contributed by atoms with van der Waals surface area (Å²) in [6.07, 6.45) is 2.71. The number of amides is 2. The summed E-state index contributed by atoms with van der Waals surface area (Å²) in [5, 5.41) is 11.9. The van der Waals surface area contributed by atoms with Gasteiger partial charge in [-0.1, -0.05) is 13.8 Å². The number of likely N-dealkylation sites (N-methyl/N-ethyl adjacent to an activating group) is 1. The molecule has 1 heterocycles. The molecule has 0 radical (unpaired) electrons. The minimum absolute atomic E-state index is 0.0218. The van der Waals surface area contributed by atoms with Gasteiger partial charge >= 0.3 is 12.0 Å². The van der Waals surface area contributed by atoms with E-state index in [-0.39, 0.29) is 30.8 Å². The molecule has 0 aromatic rings. The molecule has 0 aromatic heterocycles. The van der Waals surface area contributed by atoms with Gasteiger partial charge in [0.25, 0.3) is 0 Å². The number of carbonyl (C=O) groups is 2. The number of hydrogen-bond donors (Lipinski definition) is 2. The molecule has 22 heavy (non-hydrogen) atoms. The van der Waals surface area contributed by atoms with Crippen molar-refractivity contribution in [2.45, 2.75) is 51.3 Å². The van der Waals surface area contributed by atoms with Crippen LogP contribution in [0.15, 0.2) is 0 Å². The second-order valence-electron chi connectivity index (χ2n) is 6.08. The average Bonchev–Trinajstić information content (AvgIpc) is 2.48. The first-order valence-electron chi connectivity index (χ1n) is 8.16. The molecule has 1 aliphatic carbocycles. The highest BCUT2D eigenvalue weighted by atomic mass is 16.5. The Morgan fingerprint density at radius 3 is 2.68 bits per heavy atom. The van der Waals surface area contributed by atoms with Crippen LogP contribution in [-0.2, 0) is 9.53 Å². The zero-order valence-electron chi connectivity index (χ0n) is 13.5. The van der Waals surface area contributed by atoms with Gasteiger partial charge in [0, 0.05) is 25.2 Å². The number of ether oxygens (including phenoxy) is 1. The molecule has 7 heteroatoms. The first-order chi connectivity index (χ1) is 10.5. The second kappa shape index (κ2) is 7.78. The van der Waals surface area contributed by atoms with Crippen LogP contribution in [0.1, 0.15) is 33.1 Å². The molecule has 0 bridgehead atoms. The quantitative estimate of drug-likeness (QED) is 0.756. The lowest BCUT2D eigenvalue weighted by Gasteiger charge is -2.43. The number of aliphatic carboxylic acids is 1. The molecule has 2 fully saturated rings. The van der Waals surface area contributed by atoms with Crippen LogP contribution in [0.25, 0.3) is 0 Å². The largest absolute Gasteiger partial charge is 0.480 e. The number of carboxylic acids is 1. The summed E-state index contributed by atoms with van der Waals surface area (Å²) in [4.78, 5) is 26.8. The Balaban J connectivity index is 1.72. The number of rotatable bonds is 6. The number of nitrogens with zero attached hydrogens (tertiary/aromatic N) is 2. The SMILES string of the molecule is CCC1CN(C(=O)NC2CC(N(CC)CC(=O)O)C2)CCO1. The van der Waals surface area contributed by atoms with Crippen LogP contribution in [-0.4, -0.2) is 77.9 Å². The summed E-state index contributed by atoms with van der Waals surface area (Å²) >= 11 is 0. The summed E-state index contributed by atoms with van der Waals surface area (Å²) in [6.45, 7) is 6.71. The van der Waals surface area contributed by atoms with Crippen LogP contribution in [0, 0.1) is 0 Å². The van der Waals surface area contributed by atoms with Crippen molar-refractivity contribution in [2.24, 2.45) is 0 Å². The third kappa shape index (κ3) is 4.33. The first kappa shape index (κ1) is 17.0. The van der Waals surface area contributed by atoms with E-state index in [0.29, 0.717) is 19.7 Å². The molecule has 1 atom stereocenters. The number of urea groups is 1. The smallest absolute Gasteiger partial charge is 0.317 e. The topological polar surface area (TPSA) is 82.1 Å². The molecule has 1 saturated heterocycles. The normalized spacial score (nSPS) is 28.3.